The van der Waals surface area contributed by atoms with Crippen molar-refractivity contribution in [2.24, 2.45) is 0 Å². The predicted molar refractivity (Wildman–Crippen MR) is 280 cm³/mol. The highest BCUT2D eigenvalue weighted by atomic mass is 16.2. The number of aromatic nitrogens is 3. The van der Waals surface area contributed by atoms with Crippen molar-refractivity contribution in [3.8, 4) is 0 Å². The Morgan fingerprint density at radius 3 is 1.00 bits per heavy atom. The van der Waals surface area contributed by atoms with Gasteiger partial charge in [-0.25, -0.2) is 0 Å². The number of likely N-dealkylation sites (N-methyl/N-ethyl adjacent to an activating group) is 3. The van der Waals surface area contributed by atoms with E-state index in [0.29, 0.717) is 45.3 Å². The number of rotatable bonds is 15. The Bertz CT molecular complexity index is 1770. The summed E-state index contributed by atoms with van der Waals surface area (Å²) in [6.45, 7) is 34.7. The Labute approximate surface area is 414 Å². The molecule has 0 N–H and O–H groups in total. The van der Waals surface area contributed by atoms with Crippen LogP contribution >= 0.6 is 0 Å². The summed E-state index contributed by atoms with van der Waals surface area (Å²) in [7, 11) is 6.49. The molecule has 0 aromatic carbocycles. The molecule has 0 radical (unpaired) electrons. The van der Waals surface area contributed by atoms with Gasteiger partial charge in [0, 0.05) is 106 Å². The van der Waals surface area contributed by atoms with Crippen LogP contribution in [0.3, 0.4) is 0 Å². The van der Waals surface area contributed by atoms with Gasteiger partial charge in [-0.1, -0.05) is 57.8 Å². The lowest BCUT2D eigenvalue weighted by atomic mass is 9.87. The predicted octanol–water partition coefficient (Wildman–Crippen LogP) is 7.76. The first-order chi connectivity index (χ1) is 31.8. The molecule has 3 saturated carbocycles. The third-order valence-electron chi connectivity index (χ3n) is 18.6. The van der Waals surface area contributed by atoms with Crippen LogP contribution in [0.15, 0.2) is 0 Å². The van der Waals surface area contributed by atoms with Gasteiger partial charge in [0.2, 0.25) is 29.7 Å². The molecule has 6 fully saturated rings. The molecule has 6 aliphatic rings. The third kappa shape index (κ3) is 11.1. The number of carbonyl (C=O) groups is 2. The van der Waals surface area contributed by atoms with Crippen LogP contribution in [0.25, 0.3) is 0 Å². The highest BCUT2D eigenvalue weighted by Crippen LogP contribution is 2.37. The number of hydrogen-bond donors (Lipinski definition) is 0. The topological polar surface area (TPSA) is 102 Å². The molecule has 7 rings (SSSR count). The van der Waals surface area contributed by atoms with Crippen LogP contribution in [0.4, 0.5) is 17.8 Å². The average molecular weight is 947 g/mol. The van der Waals surface area contributed by atoms with Gasteiger partial charge in [-0.3, -0.25) is 29.2 Å². The van der Waals surface area contributed by atoms with Crippen molar-refractivity contribution in [3.63, 3.8) is 0 Å². The summed E-state index contributed by atoms with van der Waals surface area (Å²) in [5, 5.41) is 0. The lowest BCUT2D eigenvalue weighted by molar-refractivity contribution is -0.157. The molecule has 2 amide bonds. The second kappa shape index (κ2) is 20.4. The van der Waals surface area contributed by atoms with Gasteiger partial charge in [0.05, 0.1) is 11.1 Å². The zero-order valence-corrected chi connectivity index (χ0v) is 46.1. The molecule has 14 nitrogen and oxygen atoms in total. The maximum atomic E-state index is 14.3. The fourth-order valence-electron chi connectivity index (χ4n) is 13.5. The maximum absolute atomic E-state index is 14.3. The van der Waals surface area contributed by atoms with Gasteiger partial charge in [0.15, 0.2) is 0 Å². The second-order valence-electron chi connectivity index (χ2n) is 25.9. The molecule has 0 unspecified atom stereocenters. The molecular formula is C54H98N12O2. The monoisotopic (exact) mass is 947 g/mol. The number of anilines is 3. The summed E-state index contributed by atoms with van der Waals surface area (Å²) < 4.78 is 0. The minimum Gasteiger partial charge on any atom is -0.337 e. The van der Waals surface area contributed by atoms with Gasteiger partial charge in [-0.05, 0) is 143 Å². The number of hydrogen-bond acceptors (Lipinski definition) is 12. The Balaban J connectivity index is 1.32. The van der Waals surface area contributed by atoms with Gasteiger partial charge >= 0.3 is 0 Å². The minimum absolute atomic E-state index is 0.0527. The van der Waals surface area contributed by atoms with Crippen LogP contribution < -0.4 is 14.7 Å². The molecule has 3 aliphatic carbocycles. The molecule has 3 saturated heterocycles. The number of nitrogens with zero attached hydrogens (tertiary/aromatic N) is 12. The van der Waals surface area contributed by atoms with E-state index in [1.807, 2.05) is 0 Å². The van der Waals surface area contributed by atoms with Crippen molar-refractivity contribution >= 4 is 29.7 Å². The van der Waals surface area contributed by atoms with Crippen molar-refractivity contribution in [1.82, 2.24) is 44.4 Å². The first kappa shape index (κ1) is 53.0. The molecule has 14 heteroatoms. The summed E-state index contributed by atoms with van der Waals surface area (Å²) in [6, 6.07) is 0.916. The molecule has 1 aromatic rings. The van der Waals surface area contributed by atoms with E-state index in [9.17, 15) is 9.59 Å². The standard InChI is InChI=1S/C54H98N12O2/c1-49(2)37-61(38-50(3,4)58(49)13)31-34-64(41-25-19-16-20-26-41)46-55-47(65(42-27-21-17-22-28-42)35-32-62-39-51(5,6)59(14)53(9,10)44(62)67)57-48(56-46)66(43-29-23-18-24-30-43)36-33-63-40-52(7,8)60(15)54(11,12)45(63)68/h41-43H,16-40H2,1-15H3. The minimum atomic E-state index is -0.601. The fraction of sp³-hybridized carbons (Fsp3) is 0.907. The average Bonchev–Trinajstić information content (AvgIpc) is 3.29. The van der Waals surface area contributed by atoms with Gasteiger partial charge < -0.3 is 24.5 Å². The Morgan fingerprint density at radius 1 is 0.412 bits per heavy atom. The first-order valence-corrected chi connectivity index (χ1v) is 27.4. The molecule has 4 heterocycles. The van der Waals surface area contributed by atoms with Crippen LogP contribution in [-0.4, -0.2) is 194 Å². The highest BCUT2D eigenvalue weighted by Gasteiger charge is 2.50. The van der Waals surface area contributed by atoms with Crippen molar-refractivity contribution in [1.29, 1.82) is 0 Å². The fourth-order valence-corrected chi connectivity index (χ4v) is 13.5. The molecule has 0 bridgehead atoms. The molecule has 68 heavy (non-hydrogen) atoms. The van der Waals surface area contributed by atoms with E-state index in [0.717, 1.165) is 82.5 Å². The summed E-state index contributed by atoms with van der Waals surface area (Å²) >= 11 is 0. The van der Waals surface area contributed by atoms with Crippen molar-refractivity contribution < 1.29 is 9.59 Å². The van der Waals surface area contributed by atoms with E-state index >= 15 is 0 Å². The number of carbonyl (C=O) groups excluding carboxylic acids is 2. The maximum Gasteiger partial charge on any atom is 0.242 e. The van der Waals surface area contributed by atoms with Gasteiger partial charge in [-0.15, -0.1) is 0 Å². The Hall–Kier alpha value is -2.81. The molecular weight excluding hydrogens is 849 g/mol. The van der Waals surface area contributed by atoms with Gasteiger partial charge in [-0.2, -0.15) is 15.0 Å². The number of amides is 2. The van der Waals surface area contributed by atoms with E-state index < -0.39 is 11.1 Å². The zero-order chi connectivity index (χ0) is 49.6. The Kier molecular flexibility index (Phi) is 15.9. The van der Waals surface area contributed by atoms with E-state index in [4.69, 9.17) is 15.0 Å². The molecule has 386 valence electrons. The molecule has 0 spiro atoms. The lowest BCUT2D eigenvalue weighted by Crippen LogP contribution is -2.70. The first-order valence-electron chi connectivity index (χ1n) is 27.4. The zero-order valence-electron chi connectivity index (χ0n) is 46.1. The third-order valence-corrected chi connectivity index (χ3v) is 18.6. The highest BCUT2D eigenvalue weighted by molar-refractivity contribution is 5.87. The summed E-state index contributed by atoms with van der Waals surface area (Å²) in [4.78, 5) is 67.3. The van der Waals surface area contributed by atoms with Crippen LogP contribution in [0.2, 0.25) is 0 Å². The van der Waals surface area contributed by atoms with Crippen LogP contribution in [0.5, 0.6) is 0 Å². The largest absolute Gasteiger partial charge is 0.337 e. The van der Waals surface area contributed by atoms with Crippen LogP contribution in [-0.2, 0) is 9.59 Å². The SMILES string of the molecule is CN1C(C)(C)CN(CCN(c2nc(N(CCN3CC(C)(C)N(C)C(C)(C)C3=O)C3CCCCC3)nc(N(CCN3CC(C)(C)N(C)C(C)(C)C3=O)C3CCCCC3)n2)C2CCCCC2)CC1(C)C. The summed E-state index contributed by atoms with van der Waals surface area (Å²) in [5.74, 6) is 2.71. The van der Waals surface area contributed by atoms with E-state index in [1.165, 1.54) is 57.8 Å². The summed E-state index contributed by atoms with van der Waals surface area (Å²) in [5.41, 5.74) is -1.42. The van der Waals surface area contributed by atoms with Crippen LogP contribution in [0, 0.1) is 0 Å². The second-order valence-corrected chi connectivity index (χ2v) is 25.9. The molecule has 3 aliphatic heterocycles. The summed E-state index contributed by atoms with van der Waals surface area (Å²) in [6.07, 6.45) is 17.6. The van der Waals surface area contributed by atoms with E-state index in [1.54, 1.807) is 0 Å². The number of piperazine rings is 3. The quantitative estimate of drug-likeness (QED) is 0.172. The smallest absolute Gasteiger partial charge is 0.242 e. The van der Waals surface area contributed by atoms with Crippen molar-refractivity contribution in [2.75, 3.05) is 101 Å². The molecule has 0 atom stereocenters. The van der Waals surface area contributed by atoms with Crippen molar-refractivity contribution in [2.45, 2.75) is 231 Å². The van der Waals surface area contributed by atoms with E-state index in [2.05, 4.69) is 148 Å². The van der Waals surface area contributed by atoms with Gasteiger partial charge in [0.1, 0.15) is 0 Å². The lowest BCUT2D eigenvalue weighted by Gasteiger charge is -2.55. The van der Waals surface area contributed by atoms with Crippen molar-refractivity contribution in [3.05, 3.63) is 0 Å². The normalized spacial score (nSPS) is 26.6. The van der Waals surface area contributed by atoms with Gasteiger partial charge in [0.25, 0.3) is 0 Å². The Morgan fingerprint density at radius 2 is 0.691 bits per heavy atom. The van der Waals surface area contributed by atoms with Crippen LogP contribution in [0.1, 0.15) is 179 Å². The molecule has 1 aromatic heterocycles. The van der Waals surface area contributed by atoms with E-state index in [-0.39, 0.29) is 46.1 Å².